The molecule has 0 aliphatic rings. The molecule has 0 aromatic heterocycles. The summed E-state index contributed by atoms with van der Waals surface area (Å²) in [5, 5.41) is 12.2. The number of nitrogens with one attached hydrogen (secondary N) is 1. The maximum Gasteiger partial charge on any atom is 0.407 e. The summed E-state index contributed by atoms with van der Waals surface area (Å²) in [7, 11) is 0. The van der Waals surface area contributed by atoms with E-state index >= 15 is 0 Å². The third-order valence-electron chi connectivity index (χ3n) is 3.61. The zero-order chi connectivity index (χ0) is 16.5. The summed E-state index contributed by atoms with van der Waals surface area (Å²) < 4.78 is 5.16. The van der Waals surface area contributed by atoms with Crippen LogP contribution >= 0.6 is 0 Å². The van der Waals surface area contributed by atoms with Crippen LogP contribution in [0.25, 0.3) is 0 Å². The summed E-state index contributed by atoms with van der Waals surface area (Å²) >= 11 is 0. The lowest BCUT2D eigenvalue weighted by Crippen LogP contribution is -2.32. The highest BCUT2D eigenvalue weighted by Gasteiger charge is 2.11. The van der Waals surface area contributed by atoms with Crippen molar-refractivity contribution in [2.24, 2.45) is 5.92 Å². The van der Waals surface area contributed by atoms with Gasteiger partial charge in [-0.1, -0.05) is 60.2 Å². The van der Waals surface area contributed by atoms with Gasteiger partial charge in [-0.15, -0.1) is 0 Å². The van der Waals surface area contributed by atoms with E-state index < -0.39 is 6.09 Å². The molecule has 1 amide bonds. The van der Waals surface area contributed by atoms with Gasteiger partial charge in [0, 0.05) is 19.1 Å². The molecule has 0 heterocycles. The van der Waals surface area contributed by atoms with E-state index in [1.165, 1.54) is 5.56 Å². The Bertz CT molecular complexity index is 613. The predicted molar refractivity (Wildman–Crippen MR) is 90.1 cm³/mol. The second-order valence-electron chi connectivity index (χ2n) is 5.68. The van der Waals surface area contributed by atoms with Gasteiger partial charge < -0.3 is 15.2 Å². The summed E-state index contributed by atoms with van der Waals surface area (Å²) in [5.41, 5.74) is 3.29. The number of aryl methyl sites for hydroxylation is 1. The zero-order valence-corrected chi connectivity index (χ0v) is 13.4. The van der Waals surface area contributed by atoms with Crippen LogP contribution in [-0.4, -0.2) is 24.4 Å². The van der Waals surface area contributed by atoms with E-state index in [1.54, 1.807) is 0 Å². The molecular formula is C19H23NO3. The molecule has 4 heteroatoms. The molecular weight excluding hydrogens is 290 g/mol. The van der Waals surface area contributed by atoms with Gasteiger partial charge in [0.15, 0.2) is 0 Å². The minimum atomic E-state index is -0.462. The van der Waals surface area contributed by atoms with Crippen LogP contribution in [0, 0.1) is 12.8 Å². The SMILES string of the molecule is Cc1cccc(CC(CO)CNC(=O)OCc2ccccc2)c1. The van der Waals surface area contributed by atoms with E-state index in [0.717, 1.165) is 17.5 Å². The van der Waals surface area contributed by atoms with Gasteiger partial charge in [-0.25, -0.2) is 4.79 Å². The smallest absolute Gasteiger partial charge is 0.407 e. The average Bonchev–Trinajstić information content (AvgIpc) is 2.57. The second-order valence-corrected chi connectivity index (χ2v) is 5.68. The van der Waals surface area contributed by atoms with Crippen molar-refractivity contribution in [2.45, 2.75) is 20.0 Å². The number of alkyl carbamates (subject to hydrolysis) is 1. The van der Waals surface area contributed by atoms with Gasteiger partial charge in [0.25, 0.3) is 0 Å². The first-order valence-electron chi connectivity index (χ1n) is 7.78. The molecule has 0 spiro atoms. The summed E-state index contributed by atoms with van der Waals surface area (Å²) in [6, 6.07) is 17.7. The highest BCUT2D eigenvalue weighted by atomic mass is 16.5. The molecule has 2 rings (SSSR count). The topological polar surface area (TPSA) is 58.6 Å². The number of aliphatic hydroxyl groups excluding tert-OH is 1. The first-order valence-corrected chi connectivity index (χ1v) is 7.78. The van der Waals surface area contributed by atoms with Gasteiger partial charge in [-0.3, -0.25) is 0 Å². The second kappa shape index (κ2) is 8.96. The number of hydrogen-bond acceptors (Lipinski definition) is 3. The van der Waals surface area contributed by atoms with Crippen LogP contribution < -0.4 is 5.32 Å². The Labute approximate surface area is 137 Å². The van der Waals surface area contributed by atoms with Gasteiger partial charge in [0.05, 0.1) is 0 Å². The lowest BCUT2D eigenvalue weighted by molar-refractivity contribution is 0.135. The molecule has 2 aromatic carbocycles. The number of rotatable bonds is 7. The Balaban J connectivity index is 1.75. The third-order valence-corrected chi connectivity index (χ3v) is 3.61. The molecule has 1 atom stereocenters. The molecule has 23 heavy (non-hydrogen) atoms. The quantitative estimate of drug-likeness (QED) is 0.826. The van der Waals surface area contributed by atoms with Gasteiger partial charge >= 0.3 is 6.09 Å². The predicted octanol–water partition coefficient (Wildman–Crippen LogP) is 3.07. The van der Waals surface area contributed by atoms with Crippen molar-refractivity contribution in [1.82, 2.24) is 5.32 Å². The van der Waals surface area contributed by atoms with Crippen LogP contribution in [0.1, 0.15) is 16.7 Å². The highest BCUT2D eigenvalue weighted by Crippen LogP contribution is 2.10. The van der Waals surface area contributed by atoms with Gasteiger partial charge in [-0.2, -0.15) is 0 Å². The summed E-state index contributed by atoms with van der Waals surface area (Å²) in [4.78, 5) is 11.7. The molecule has 4 nitrogen and oxygen atoms in total. The van der Waals surface area contributed by atoms with E-state index in [4.69, 9.17) is 4.74 Å². The van der Waals surface area contributed by atoms with Crippen LogP contribution in [0.15, 0.2) is 54.6 Å². The van der Waals surface area contributed by atoms with Crippen molar-refractivity contribution >= 4 is 6.09 Å². The van der Waals surface area contributed by atoms with Crippen LogP contribution in [0.4, 0.5) is 4.79 Å². The van der Waals surface area contributed by atoms with Crippen molar-refractivity contribution in [3.05, 3.63) is 71.3 Å². The molecule has 122 valence electrons. The minimum Gasteiger partial charge on any atom is -0.445 e. The van der Waals surface area contributed by atoms with Crippen molar-refractivity contribution in [3.63, 3.8) is 0 Å². The van der Waals surface area contributed by atoms with Crippen LogP contribution in [-0.2, 0) is 17.8 Å². The number of hydrogen-bond donors (Lipinski definition) is 2. The Morgan fingerprint density at radius 1 is 1.13 bits per heavy atom. The zero-order valence-electron chi connectivity index (χ0n) is 13.4. The van der Waals surface area contributed by atoms with Crippen molar-refractivity contribution in [1.29, 1.82) is 0 Å². The van der Waals surface area contributed by atoms with Gasteiger partial charge in [-0.05, 0) is 24.5 Å². The van der Waals surface area contributed by atoms with Gasteiger partial charge in [0.2, 0.25) is 0 Å². The normalized spacial score (nSPS) is 11.7. The standard InChI is InChI=1S/C19H23NO3/c1-15-6-5-9-17(10-15)11-18(13-21)12-20-19(22)23-14-16-7-3-2-4-8-16/h2-10,18,21H,11-14H2,1H3,(H,20,22). The molecule has 0 bridgehead atoms. The maximum absolute atomic E-state index is 11.7. The molecule has 0 aliphatic carbocycles. The first kappa shape index (κ1) is 17.0. The summed E-state index contributed by atoms with van der Waals surface area (Å²) in [6.07, 6.45) is 0.258. The number of benzene rings is 2. The minimum absolute atomic E-state index is 0.0207. The molecule has 0 radical (unpaired) electrons. The highest BCUT2D eigenvalue weighted by molar-refractivity contribution is 5.67. The van der Waals surface area contributed by atoms with E-state index in [2.05, 4.69) is 11.4 Å². The van der Waals surface area contributed by atoms with Crippen molar-refractivity contribution in [3.8, 4) is 0 Å². The molecule has 0 fully saturated rings. The van der Waals surface area contributed by atoms with E-state index in [1.807, 2.05) is 55.5 Å². The molecule has 2 N–H and O–H groups in total. The molecule has 0 saturated heterocycles. The van der Waals surface area contributed by atoms with Crippen LogP contribution in [0.2, 0.25) is 0 Å². The Morgan fingerprint density at radius 2 is 1.87 bits per heavy atom. The first-order chi connectivity index (χ1) is 11.2. The fourth-order valence-corrected chi connectivity index (χ4v) is 2.38. The largest absolute Gasteiger partial charge is 0.445 e. The summed E-state index contributed by atoms with van der Waals surface area (Å²) in [6.45, 7) is 2.69. The molecule has 1 unspecified atom stereocenters. The number of ether oxygens (including phenoxy) is 1. The number of aliphatic hydroxyl groups is 1. The van der Waals surface area contributed by atoms with E-state index in [0.29, 0.717) is 6.54 Å². The Morgan fingerprint density at radius 3 is 2.57 bits per heavy atom. The van der Waals surface area contributed by atoms with E-state index in [9.17, 15) is 9.90 Å². The molecule has 2 aromatic rings. The third kappa shape index (κ3) is 6.12. The Kier molecular flexibility index (Phi) is 6.63. The average molecular weight is 313 g/mol. The monoisotopic (exact) mass is 313 g/mol. The van der Waals surface area contributed by atoms with Crippen LogP contribution in [0.3, 0.4) is 0 Å². The fourth-order valence-electron chi connectivity index (χ4n) is 2.38. The lowest BCUT2D eigenvalue weighted by atomic mass is 9.99. The molecule has 0 saturated carbocycles. The van der Waals surface area contributed by atoms with Crippen LogP contribution in [0.5, 0.6) is 0 Å². The number of amides is 1. The lowest BCUT2D eigenvalue weighted by Gasteiger charge is -2.15. The number of carbonyl (C=O) groups excluding carboxylic acids is 1. The number of carbonyl (C=O) groups is 1. The fraction of sp³-hybridized carbons (Fsp3) is 0.316. The Hall–Kier alpha value is -2.33. The van der Waals surface area contributed by atoms with Crippen molar-refractivity contribution < 1.29 is 14.6 Å². The van der Waals surface area contributed by atoms with Gasteiger partial charge in [0.1, 0.15) is 6.61 Å². The van der Waals surface area contributed by atoms with Crippen molar-refractivity contribution in [2.75, 3.05) is 13.2 Å². The van der Waals surface area contributed by atoms with E-state index in [-0.39, 0.29) is 19.1 Å². The maximum atomic E-state index is 11.7. The molecule has 0 aliphatic heterocycles. The summed E-state index contributed by atoms with van der Waals surface area (Å²) in [5.74, 6) is -0.0268.